The molecule has 7 nitrogen and oxygen atoms in total. The van der Waals surface area contributed by atoms with E-state index in [1.54, 1.807) is 7.11 Å². The Labute approximate surface area is 171 Å². The van der Waals surface area contributed by atoms with Crippen LogP contribution in [0.15, 0.2) is 24.3 Å². The zero-order valence-electron chi connectivity index (χ0n) is 17.0. The lowest BCUT2D eigenvalue weighted by molar-refractivity contribution is -0.140. The maximum Gasteiger partial charge on any atom is 0.247 e. The van der Waals surface area contributed by atoms with Gasteiger partial charge in [-0.15, -0.1) is 0 Å². The molecule has 0 spiro atoms. The fourth-order valence-corrected chi connectivity index (χ4v) is 4.68. The van der Waals surface area contributed by atoms with Gasteiger partial charge >= 0.3 is 0 Å². The molecule has 3 saturated heterocycles. The van der Waals surface area contributed by atoms with Crippen LogP contribution in [0.2, 0.25) is 0 Å². The van der Waals surface area contributed by atoms with Gasteiger partial charge in [0.25, 0.3) is 0 Å². The molecule has 0 bridgehead atoms. The zero-order chi connectivity index (χ0) is 20.4. The maximum atomic E-state index is 12.9. The molecule has 0 saturated carbocycles. The average Bonchev–Trinajstić information content (AvgIpc) is 3.38. The van der Waals surface area contributed by atoms with Crippen LogP contribution < -0.4 is 4.74 Å². The summed E-state index contributed by atoms with van der Waals surface area (Å²) in [6, 6.07) is 7.04. The van der Waals surface area contributed by atoms with Gasteiger partial charge in [-0.05, 0) is 56.5 Å². The van der Waals surface area contributed by atoms with Crippen molar-refractivity contribution in [3.63, 3.8) is 0 Å². The molecule has 4 rings (SSSR count). The topological polar surface area (TPSA) is 70.2 Å². The number of imide groups is 1. The summed E-state index contributed by atoms with van der Waals surface area (Å²) in [4.78, 5) is 43.5. The lowest BCUT2D eigenvalue weighted by Gasteiger charge is -2.35. The summed E-state index contributed by atoms with van der Waals surface area (Å²) in [6.07, 6.45) is 3.98. The molecule has 1 aromatic rings. The largest absolute Gasteiger partial charge is 0.497 e. The number of likely N-dealkylation sites (tertiary alicyclic amines) is 3. The Hall–Kier alpha value is -2.41. The monoisotopic (exact) mass is 399 g/mol. The number of carbonyl (C=O) groups excluding carboxylic acids is 3. The molecule has 3 aliphatic heterocycles. The normalized spacial score (nSPS) is 23.8. The number of rotatable bonds is 5. The van der Waals surface area contributed by atoms with Gasteiger partial charge < -0.3 is 9.64 Å². The number of carbonyl (C=O) groups is 3. The summed E-state index contributed by atoms with van der Waals surface area (Å²) in [7, 11) is 1.61. The third-order valence-electron chi connectivity index (χ3n) is 6.46. The molecule has 156 valence electrons. The lowest BCUT2D eigenvalue weighted by Crippen LogP contribution is -2.48. The van der Waals surface area contributed by atoms with E-state index in [-0.39, 0.29) is 36.1 Å². The van der Waals surface area contributed by atoms with E-state index in [0.29, 0.717) is 19.6 Å². The molecule has 0 aliphatic carbocycles. The molecule has 0 aromatic heterocycles. The fourth-order valence-electron chi connectivity index (χ4n) is 4.68. The highest BCUT2D eigenvalue weighted by molar-refractivity contribution is 6.05. The van der Waals surface area contributed by atoms with Crippen molar-refractivity contribution in [2.24, 2.45) is 5.92 Å². The van der Waals surface area contributed by atoms with Crippen LogP contribution in [0.5, 0.6) is 5.75 Å². The standard InChI is InChI=1S/C22H29N3O4/c1-29-18-6-4-16(5-7-18)15-25-20(26)14-19(22(25)28)23-12-8-17(9-13-23)21(27)24-10-2-3-11-24/h4-7,17,19H,2-3,8-15H2,1H3/t19-/m0/s1. The van der Waals surface area contributed by atoms with Crippen molar-refractivity contribution in [2.45, 2.75) is 44.7 Å². The smallest absolute Gasteiger partial charge is 0.247 e. The van der Waals surface area contributed by atoms with Crippen molar-refractivity contribution in [1.29, 1.82) is 0 Å². The number of amides is 3. The van der Waals surface area contributed by atoms with Crippen LogP contribution in [-0.2, 0) is 20.9 Å². The molecule has 0 unspecified atom stereocenters. The highest BCUT2D eigenvalue weighted by atomic mass is 16.5. The molecular formula is C22H29N3O4. The van der Waals surface area contributed by atoms with E-state index in [2.05, 4.69) is 4.90 Å². The molecule has 29 heavy (non-hydrogen) atoms. The minimum atomic E-state index is -0.386. The number of hydrogen-bond donors (Lipinski definition) is 0. The Bertz CT molecular complexity index is 765. The molecular weight excluding hydrogens is 370 g/mol. The van der Waals surface area contributed by atoms with Crippen molar-refractivity contribution < 1.29 is 19.1 Å². The molecule has 1 aromatic carbocycles. The Morgan fingerprint density at radius 1 is 1.03 bits per heavy atom. The van der Waals surface area contributed by atoms with Crippen LogP contribution in [-0.4, -0.2) is 71.8 Å². The first-order valence-electron chi connectivity index (χ1n) is 10.6. The highest BCUT2D eigenvalue weighted by Gasteiger charge is 2.43. The van der Waals surface area contributed by atoms with Gasteiger partial charge in [0.15, 0.2) is 0 Å². The third kappa shape index (κ3) is 4.15. The molecule has 3 amide bonds. The van der Waals surface area contributed by atoms with Crippen LogP contribution in [0, 0.1) is 5.92 Å². The predicted octanol–water partition coefficient (Wildman–Crippen LogP) is 1.66. The molecule has 0 radical (unpaired) electrons. The highest BCUT2D eigenvalue weighted by Crippen LogP contribution is 2.28. The van der Waals surface area contributed by atoms with Gasteiger partial charge in [-0.1, -0.05) is 12.1 Å². The maximum absolute atomic E-state index is 12.9. The number of nitrogens with zero attached hydrogens (tertiary/aromatic N) is 3. The van der Waals surface area contributed by atoms with Crippen molar-refractivity contribution in [2.75, 3.05) is 33.3 Å². The van der Waals surface area contributed by atoms with Crippen LogP contribution in [0.4, 0.5) is 0 Å². The first kappa shape index (κ1) is 19.9. The molecule has 1 atom stereocenters. The van der Waals surface area contributed by atoms with Crippen molar-refractivity contribution in [1.82, 2.24) is 14.7 Å². The van der Waals surface area contributed by atoms with Gasteiger partial charge in [0.2, 0.25) is 17.7 Å². The van der Waals surface area contributed by atoms with Gasteiger partial charge in [-0.3, -0.25) is 24.2 Å². The molecule has 7 heteroatoms. The summed E-state index contributed by atoms with van der Waals surface area (Å²) < 4.78 is 5.15. The Kier molecular flexibility index (Phi) is 5.85. The summed E-state index contributed by atoms with van der Waals surface area (Å²) >= 11 is 0. The number of ether oxygens (including phenoxy) is 1. The van der Waals surface area contributed by atoms with E-state index in [1.165, 1.54) is 4.90 Å². The average molecular weight is 399 g/mol. The minimum absolute atomic E-state index is 0.0620. The number of benzene rings is 1. The van der Waals surface area contributed by atoms with Gasteiger partial charge in [-0.2, -0.15) is 0 Å². The summed E-state index contributed by atoms with van der Waals surface area (Å²) in [5.74, 6) is 0.849. The Morgan fingerprint density at radius 3 is 2.31 bits per heavy atom. The van der Waals surface area contributed by atoms with Crippen molar-refractivity contribution in [3.8, 4) is 5.75 Å². The van der Waals surface area contributed by atoms with E-state index >= 15 is 0 Å². The summed E-state index contributed by atoms with van der Waals surface area (Å²) in [5.41, 5.74) is 0.906. The van der Waals surface area contributed by atoms with Crippen LogP contribution >= 0.6 is 0 Å². The minimum Gasteiger partial charge on any atom is -0.497 e. The summed E-state index contributed by atoms with van der Waals surface area (Å²) in [6.45, 7) is 3.46. The second kappa shape index (κ2) is 8.53. The van der Waals surface area contributed by atoms with E-state index in [4.69, 9.17) is 4.74 Å². The number of hydrogen-bond acceptors (Lipinski definition) is 5. The van der Waals surface area contributed by atoms with E-state index in [0.717, 1.165) is 50.1 Å². The second-order valence-corrected chi connectivity index (χ2v) is 8.23. The van der Waals surface area contributed by atoms with Crippen LogP contribution in [0.25, 0.3) is 0 Å². The fraction of sp³-hybridized carbons (Fsp3) is 0.591. The van der Waals surface area contributed by atoms with Gasteiger partial charge in [-0.25, -0.2) is 0 Å². The second-order valence-electron chi connectivity index (χ2n) is 8.23. The molecule has 3 heterocycles. The van der Waals surface area contributed by atoms with Crippen LogP contribution in [0.1, 0.15) is 37.7 Å². The summed E-state index contributed by atoms with van der Waals surface area (Å²) in [5, 5.41) is 0. The first-order chi connectivity index (χ1) is 14.1. The Morgan fingerprint density at radius 2 is 1.69 bits per heavy atom. The first-order valence-corrected chi connectivity index (χ1v) is 10.6. The van der Waals surface area contributed by atoms with Gasteiger partial charge in [0.1, 0.15) is 5.75 Å². The zero-order valence-corrected chi connectivity index (χ0v) is 17.0. The SMILES string of the molecule is COc1ccc(CN2C(=O)C[C@H](N3CCC(C(=O)N4CCCC4)CC3)C2=O)cc1. The van der Waals surface area contributed by atoms with Crippen molar-refractivity contribution >= 4 is 17.7 Å². The Balaban J connectivity index is 1.33. The molecule has 3 fully saturated rings. The van der Waals surface area contributed by atoms with Crippen LogP contribution in [0.3, 0.4) is 0 Å². The van der Waals surface area contributed by atoms with Gasteiger partial charge in [0, 0.05) is 19.0 Å². The molecule has 3 aliphatic rings. The van der Waals surface area contributed by atoms with Crippen molar-refractivity contribution in [3.05, 3.63) is 29.8 Å². The van der Waals surface area contributed by atoms with E-state index < -0.39 is 0 Å². The predicted molar refractivity (Wildman–Crippen MR) is 107 cm³/mol. The van der Waals surface area contributed by atoms with Gasteiger partial charge in [0.05, 0.1) is 26.1 Å². The third-order valence-corrected chi connectivity index (χ3v) is 6.46. The number of piperidine rings is 1. The quantitative estimate of drug-likeness (QED) is 0.705. The number of methoxy groups -OCH3 is 1. The lowest BCUT2D eigenvalue weighted by atomic mass is 9.94. The van der Waals surface area contributed by atoms with E-state index in [9.17, 15) is 14.4 Å². The molecule has 0 N–H and O–H groups in total. The van der Waals surface area contributed by atoms with E-state index in [1.807, 2.05) is 29.2 Å².